The second kappa shape index (κ2) is 17.0. The lowest BCUT2D eigenvalue weighted by atomic mass is 10.0. The van der Waals surface area contributed by atoms with E-state index < -0.39 is 38.3 Å². The fourth-order valence-corrected chi connectivity index (χ4v) is 3.47. The molecule has 0 spiro atoms. The quantitative estimate of drug-likeness (QED) is 0.282. The lowest BCUT2D eigenvalue weighted by molar-refractivity contribution is -0.131. The molecule has 0 aliphatic rings. The predicted octanol–water partition coefficient (Wildman–Crippen LogP) is 5.87. The van der Waals surface area contributed by atoms with Crippen LogP contribution in [0.3, 0.4) is 0 Å². The molecule has 0 aliphatic heterocycles. The molecule has 0 bridgehead atoms. The van der Waals surface area contributed by atoms with E-state index in [0.717, 1.165) is 22.9 Å². The standard InChI is InChI=1S/C19H22F2N2O4S.3C2H6/c1-19(28(3)4,18(25)22-26)7-8-23-11-16(21)14(10-17(23)24)13-6-5-12(27-2)9-15(13)20;3*1-2/h5-6,9-11,26H,3,7-8H2,1-2,4H3,(H,22,25);3*1-2H3/t19-,28?;;;/m1.../s1. The Balaban J connectivity index is 0. The Morgan fingerprint density at radius 3 is 2.12 bits per heavy atom. The third kappa shape index (κ3) is 8.68. The van der Waals surface area contributed by atoms with Crippen LogP contribution in [-0.2, 0) is 11.3 Å². The van der Waals surface area contributed by atoms with Crippen LogP contribution in [0.1, 0.15) is 54.9 Å². The van der Waals surface area contributed by atoms with Gasteiger partial charge in [0.2, 0.25) is 0 Å². The Hall–Kier alpha value is -2.52. The van der Waals surface area contributed by atoms with Gasteiger partial charge in [-0.05, 0) is 31.7 Å². The van der Waals surface area contributed by atoms with E-state index in [1.54, 1.807) is 18.7 Å². The smallest absolute Gasteiger partial charge is 0.258 e. The first-order chi connectivity index (χ1) is 16.1. The third-order valence-corrected chi connectivity index (χ3v) is 6.65. The first-order valence-electron chi connectivity index (χ1n) is 11.3. The van der Waals surface area contributed by atoms with Crippen LogP contribution in [0, 0.1) is 11.6 Å². The number of ether oxygens (including phenoxy) is 1. The van der Waals surface area contributed by atoms with E-state index in [0.29, 0.717) is 0 Å². The van der Waals surface area contributed by atoms with Gasteiger partial charge in [0.05, 0.1) is 11.9 Å². The minimum atomic E-state index is -1.04. The van der Waals surface area contributed by atoms with E-state index in [1.807, 2.05) is 41.5 Å². The maximum atomic E-state index is 14.6. The van der Waals surface area contributed by atoms with Crippen molar-refractivity contribution in [3.05, 3.63) is 52.5 Å². The number of aryl methyl sites for hydroxylation is 1. The van der Waals surface area contributed by atoms with Crippen LogP contribution in [0.5, 0.6) is 5.75 Å². The number of methoxy groups -OCH3 is 1. The van der Waals surface area contributed by atoms with Crippen molar-refractivity contribution in [1.29, 1.82) is 0 Å². The average molecular weight is 503 g/mol. The Labute approximate surface area is 204 Å². The van der Waals surface area contributed by atoms with Crippen molar-refractivity contribution in [2.24, 2.45) is 0 Å². The summed E-state index contributed by atoms with van der Waals surface area (Å²) >= 11 is 0. The monoisotopic (exact) mass is 502 g/mol. The molecule has 2 aromatic rings. The van der Waals surface area contributed by atoms with E-state index >= 15 is 0 Å². The van der Waals surface area contributed by atoms with Gasteiger partial charge in [-0.1, -0.05) is 47.4 Å². The summed E-state index contributed by atoms with van der Waals surface area (Å²) in [4.78, 5) is 24.4. The number of rotatable bonds is 7. The molecule has 0 fully saturated rings. The fraction of sp³-hybridized carbons (Fsp3) is 0.480. The second-order valence-corrected chi connectivity index (χ2v) is 8.65. The van der Waals surface area contributed by atoms with Gasteiger partial charge in [0.25, 0.3) is 11.5 Å². The summed E-state index contributed by atoms with van der Waals surface area (Å²) in [7, 11) is 0.716. The Kier molecular flexibility index (Phi) is 16.8. The van der Waals surface area contributed by atoms with Crippen molar-refractivity contribution < 1.29 is 23.5 Å². The van der Waals surface area contributed by atoms with E-state index in [4.69, 9.17) is 9.94 Å². The molecule has 194 valence electrons. The number of carbonyl (C=O) groups excluding carboxylic acids is 1. The van der Waals surface area contributed by atoms with Crippen LogP contribution in [0.2, 0.25) is 0 Å². The highest BCUT2D eigenvalue weighted by Gasteiger charge is 2.33. The zero-order chi connectivity index (χ0) is 27.1. The molecule has 0 radical (unpaired) electrons. The van der Waals surface area contributed by atoms with E-state index in [9.17, 15) is 18.4 Å². The lowest BCUT2D eigenvalue weighted by Crippen LogP contribution is -2.42. The molecule has 2 rings (SSSR count). The number of hydrogen-bond acceptors (Lipinski definition) is 4. The second-order valence-electron chi connectivity index (χ2n) is 6.47. The van der Waals surface area contributed by atoms with Gasteiger partial charge in [-0.15, -0.1) is 0 Å². The van der Waals surface area contributed by atoms with Crippen LogP contribution in [-0.4, -0.2) is 39.7 Å². The van der Waals surface area contributed by atoms with Crippen molar-refractivity contribution in [2.75, 3.05) is 13.4 Å². The molecule has 0 saturated heterocycles. The predicted molar refractivity (Wildman–Crippen MR) is 140 cm³/mol. The highest BCUT2D eigenvalue weighted by atomic mass is 32.2. The van der Waals surface area contributed by atoms with E-state index in [2.05, 4.69) is 5.87 Å². The molecule has 34 heavy (non-hydrogen) atoms. The number of halogens is 2. The fourth-order valence-electron chi connectivity index (χ4n) is 2.67. The average Bonchev–Trinajstić information content (AvgIpc) is 2.87. The topological polar surface area (TPSA) is 80.6 Å². The molecule has 1 unspecified atom stereocenters. The summed E-state index contributed by atoms with van der Waals surface area (Å²) in [6.07, 6.45) is 2.86. The van der Waals surface area contributed by atoms with Crippen molar-refractivity contribution in [3.8, 4) is 16.9 Å². The van der Waals surface area contributed by atoms with Gasteiger partial charge in [-0.2, -0.15) is 10.5 Å². The molecular formula is C25H40F2N2O4S. The third-order valence-electron chi connectivity index (χ3n) is 4.72. The number of pyridine rings is 1. The summed E-state index contributed by atoms with van der Waals surface area (Å²) in [5.41, 5.74) is 0.849. The zero-order valence-electron chi connectivity index (χ0n) is 21.8. The van der Waals surface area contributed by atoms with Gasteiger partial charge < -0.3 is 9.30 Å². The normalized spacial score (nSPS) is 12.2. The molecule has 0 aliphatic carbocycles. The zero-order valence-corrected chi connectivity index (χ0v) is 22.6. The molecule has 1 aromatic heterocycles. The summed E-state index contributed by atoms with van der Waals surface area (Å²) in [6.45, 7) is 13.6. The van der Waals surface area contributed by atoms with Crippen LogP contribution in [0.15, 0.2) is 35.3 Å². The lowest BCUT2D eigenvalue weighted by Gasteiger charge is -2.28. The molecule has 1 aromatic carbocycles. The number of carbonyl (C=O) groups is 1. The maximum Gasteiger partial charge on any atom is 0.258 e. The van der Waals surface area contributed by atoms with Crippen molar-refractivity contribution in [3.63, 3.8) is 0 Å². The van der Waals surface area contributed by atoms with Crippen molar-refractivity contribution >= 4 is 22.3 Å². The number of amides is 1. The molecule has 9 heteroatoms. The summed E-state index contributed by atoms with van der Waals surface area (Å²) in [5.74, 6) is 2.01. The van der Waals surface area contributed by atoms with Gasteiger partial charge in [0.1, 0.15) is 17.4 Å². The van der Waals surface area contributed by atoms with Crippen LogP contribution >= 0.6 is 10.5 Å². The maximum absolute atomic E-state index is 14.6. The molecule has 2 atom stereocenters. The van der Waals surface area contributed by atoms with Crippen LogP contribution in [0.4, 0.5) is 8.78 Å². The van der Waals surface area contributed by atoms with E-state index in [-0.39, 0.29) is 29.8 Å². The molecule has 6 nitrogen and oxygen atoms in total. The van der Waals surface area contributed by atoms with Crippen molar-refractivity contribution in [1.82, 2.24) is 10.0 Å². The van der Waals surface area contributed by atoms with Gasteiger partial charge >= 0.3 is 0 Å². The summed E-state index contributed by atoms with van der Waals surface area (Å²) in [5, 5.41) is 8.95. The first kappa shape index (κ1) is 33.7. The number of hydrogen-bond donors (Lipinski definition) is 2. The largest absolute Gasteiger partial charge is 0.497 e. The van der Waals surface area contributed by atoms with Crippen LogP contribution < -0.4 is 15.8 Å². The molecular weight excluding hydrogens is 462 g/mol. The minimum absolute atomic E-state index is 0.0257. The van der Waals surface area contributed by atoms with Crippen LogP contribution in [0.25, 0.3) is 11.1 Å². The van der Waals surface area contributed by atoms with Crippen molar-refractivity contribution in [2.45, 2.75) is 66.2 Å². The number of nitrogens with one attached hydrogen (secondary N) is 1. The first-order valence-corrected chi connectivity index (χ1v) is 13.1. The van der Waals surface area contributed by atoms with Gasteiger partial charge in [-0.3, -0.25) is 14.8 Å². The Morgan fingerprint density at radius 2 is 1.68 bits per heavy atom. The number of benzene rings is 1. The minimum Gasteiger partial charge on any atom is -0.497 e. The van der Waals surface area contributed by atoms with Gasteiger partial charge in [-0.25, -0.2) is 14.3 Å². The Bertz CT molecular complexity index is 980. The summed E-state index contributed by atoms with van der Waals surface area (Å²) in [6, 6.07) is 4.93. The van der Waals surface area contributed by atoms with E-state index in [1.165, 1.54) is 19.2 Å². The SMILES string of the molecule is C=S(C)[C@](C)(CCn1cc(F)c(-c2ccc(OC)cc2F)cc1=O)C(=O)NO.CC.CC.CC. The molecule has 0 saturated carbocycles. The molecule has 1 heterocycles. The number of hydroxylamine groups is 1. The van der Waals surface area contributed by atoms with Gasteiger partial charge in [0, 0.05) is 36.0 Å². The summed E-state index contributed by atoms with van der Waals surface area (Å²) < 4.78 is 33.8. The molecule has 1 amide bonds. The highest BCUT2D eigenvalue weighted by Crippen LogP contribution is 2.32. The number of nitrogens with zero attached hydrogens (tertiary/aromatic N) is 1. The molecule has 2 N–H and O–H groups in total. The Morgan fingerprint density at radius 1 is 1.12 bits per heavy atom. The highest BCUT2D eigenvalue weighted by molar-refractivity contribution is 8.15. The van der Waals surface area contributed by atoms with Gasteiger partial charge in [0.15, 0.2) is 0 Å². The number of aromatic nitrogens is 1.